The third-order valence-electron chi connectivity index (χ3n) is 3.62. The Morgan fingerprint density at radius 1 is 1.30 bits per heavy atom. The highest BCUT2D eigenvalue weighted by atomic mass is 127. The molecule has 3 aromatic rings. The monoisotopic (exact) mass is 436 g/mol. The van der Waals surface area contributed by atoms with Gasteiger partial charge in [0.15, 0.2) is 5.13 Å². The molecule has 118 valence electrons. The van der Waals surface area contributed by atoms with Gasteiger partial charge in [0.05, 0.1) is 10.2 Å². The number of Topliss-reactive ketones (excluding diaryl/α,β-unsaturated/α-hetero) is 1. The molecule has 0 saturated carbocycles. The first-order chi connectivity index (χ1) is 11.1. The molecule has 0 amide bonds. The molecule has 0 spiro atoms. The summed E-state index contributed by atoms with van der Waals surface area (Å²) in [6, 6.07) is 12.4. The minimum atomic E-state index is 0.187. The Balaban J connectivity index is 2.00. The summed E-state index contributed by atoms with van der Waals surface area (Å²) in [6.07, 6.45) is 0.484. The van der Waals surface area contributed by atoms with Crippen molar-refractivity contribution in [3.05, 3.63) is 53.1 Å². The van der Waals surface area contributed by atoms with Crippen LogP contribution in [0.4, 0.5) is 10.8 Å². The van der Waals surface area contributed by atoms with Gasteiger partial charge in [-0.05, 0) is 42.7 Å². The summed E-state index contributed by atoms with van der Waals surface area (Å²) >= 11 is 3.98. The molecule has 3 nitrogen and oxygen atoms in total. The lowest BCUT2D eigenvalue weighted by Crippen LogP contribution is -1.97. The van der Waals surface area contributed by atoms with Crippen molar-refractivity contribution in [2.45, 2.75) is 24.7 Å². The highest BCUT2D eigenvalue weighted by molar-refractivity contribution is 14.1. The van der Waals surface area contributed by atoms with Crippen molar-refractivity contribution in [3.8, 4) is 0 Å². The number of carbonyl (C=O) groups is 1. The standard InChI is InChI=1S/C18H17IN2OS/c1-11-5-3-4-6-15(11)20-18-21-17-14(10-19)8-13(7-12(2)22)9-16(17)23-18/h3-6,8-9H,7,10H2,1-2H3,(H,20,21). The minimum Gasteiger partial charge on any atom is -0.331 e. The smallest absolute Gasteiger partial charge is 0.188 e. The molecular weight excluding hydrogens is 419 g/mol. The van der Waals surface area contributed by atoms with Crippen molar-refractivity contribution in [3.63, 3.8) is 0 Å². The van der Waals surface area contributed by atoms with Crippen LogP contribution in [0, 0.1) is 6.92 Å². The van der Waals surface area contributed by atoms with Gasteiger partial charge in [0, 0.05) is 16.5 Å². The average Bonchev–Trinajstić information content (AvgIpc) is 2.90. The molecule has 2 aromatic carbocycles. The number of alkyl halides is 1. The fourth-order valence-corrected chi connectivity index (χ4v) is 4.11. The van der Waals surface area contributed by atoms with Crippen molar-refractivity contribution in [1.29, 1.82) is 0 Å². The van der Waals surface area contributed by atoms with Crippen LogP contribution >= 0.6 is 33.9 Å². The Morgan fingerprint density at radius 3 is 2.78 bits per heavy atom. The largest absolute Gasteiger partial charge is 0.331 e. The van der Waals surface area contributed by atoms with Gasteiger partial charge >= 0.3 is 0 Å². The summed E-state index contributed by atoms with van der Waals surface area (Å²) in [4.78, 5) is 16.2. The molecule has 23 heavy (non-hydrogen) atoms. The molecule has 1 aromatic heterocycles. The lowest BCUT2D eigenvalue weighted by molar-refractivity contribution is -0.116. The highest BCUT2D eigenvalue weighted by Gasteiger charge is 2.11. The first kappa shape index (κ1) is 16.4. The zero-order valence-corrected chi connectivity index (χ0v) is 16.0. The molecule has 0 bridgehead atoms. The first-order valence-corrected chi connectivity index (χ1v) is 9.71. The molecule has 3 rings (SSSR count). The van der Waals surface area contributed by atoms with E-state index in [0.29, 0.717) is 6.42 Å². The van der Waals surface area contributed by atoms with Crippen LogP contribution < -0.4 is 5.32 Å². The predicted octanol–water partition coefficient (Wildman–Crippen LogP) is 5.41. The second-order valence-corrected chi connectivity index (χ2v) is 7.37. The number of ketones is 1. The summed E-state index contributed by atoms with van der Waals surface area (Å²) < 4.78 is 2.01. The number of aromatic nitrogens is 1. The second kappa shape index (κ2) is 6.97. The molecule has 0 saturated heterocycles. The molecule has 0 atom stereocenters. The fraction of sp³-hybridized carbons (Fsp3) is 0.222. The Kier molecular flexibility index (Phi) is 4.96. The number of aryl methyl sites for hydroxylation is 1. The lowest BCUT2D eigenvalue weighted by Gasteiger charge is -2.05. The van der Waals surface area contributed by atoms with Gasteiger partial charge in [0.1, 0.15) is 5.78 Å². The van der Waals surface area contributed by atoms with E-state index in [4.69, 9.17) is 4.98 Å². The molecular formula is C18H17IN2OS. The molecule has 1 heterocycles. The third-order valence-corrected chi connectivity index (χ3v) is 5.36. The minimum absolute atomic E-state index is 0.187. The number of hydrogen-bond acceptors (Lipinski definition) is 4. The number of nitrogens with one attached hydrogen (secondary N) is 1. The number of nitrogens with zero attached hydrogens (tertiary/aromatic N) is 1. The quantitative estimate of drug-likeness (QED) is 0.429. The number of benzene rings is 2. The maximum Gasteiger partial charge on any atom is 0.188 e. The van der Waals surface area contributed by atoms with Crippen molar-refractivity contribution in [2.75, 3.05) is 5.32 Å². The third kappa shape index (κ3) is 3.72. The van der Waals surface area contributed by atoms with Gasteiger partial charge in [0.25, 0.3) is 0 Å². The van der Waals surface area contributed by atoms with E-state index in [1.54, 1.807) is 18.3 Å². The maximum absolute atomic E-state index is 11.4. The molecule has 5 heteroatoms. The van der Waals surface area contributed by atoms with E-state index < -0.39 is 0 Å². The second-order valence-electron chi connectivity index (χ2n) is 5.57. The van der Waals surface area contributed by atoms with Crippen LogP contribution in [-0.4, -0.2) is 10.8 Å². The van der Waals surface area contributed by atoms with Crippen LogP contribution in [0.5, 0.6) is 0 Å². The Hall–Kier alpha value is -1.47. The number of halogens is 1. The Bertz CT molecular complexity index is 873. The fourth-order valence-electron chi connectivity index (χ4n) is 2.54. The summed E-state index contributed by atoms with van der Waals surface area (Å²) in [7, 11) is 0. The molecule has 0 radical (unpaired) electrons. The van der Waals surface area contributed by atoms with Gasteiger partial charge in [-0.2, -0.15) is 0 Å². The van der Waals surface area contributed by atoms with Gasteiger partial charge < -0.3 is 5.32 Å². The van der Waals surface area contributed by atoms with Gasteiger partial charge in [-0.25, -0.2) is 4.98 Å². The normalized spacial score (nSPS) is 10.9. The molecule has 0 aliphatic heterocycles. The van der Waals surface area contributed by atoms with Crippen molar-refractivity contribution in [1.82, 2.24) is 4.98 Å². The van der Waals surface area contributed by atoms with Crippen LogP contribution in [0.1, 0.15) is 23.6 Å². The van der Waals surface area contributed by atoms with Gasteiger partial charge in [-0.15, -0.1) is 0 Å². The van der Waals surface area contributed by atoms with E-state index in [1.807, 2.05) is 12.1 Å². The number of para-hydroxylation sites is 1. The molecule has 0 aliphatic carbocycles. The zero-order valence-electron chi connectivity index (χ0n) is 13.0. The number of hydrogen-bond donors (Lipinski definition) is 1. The molecule has 0 fully saturated rings. The van der Waals surface area contributed by atoms with E-state index in [1.165, 1.54) is 11.1 Å². The predicted molar refractivity (Wildman–Crippen MR) is 106 cm³/mol. The van der Waals surface area contributed by atoms with Crippen LogP contribution in [0.15, 0.2) is 36.4 Å². The van der Waals surface area contributed by atoms with Crippen LogP contribution in [0.3, 0.4) is 0 Å². The van der Waals surface area contributed by atoms with Crippen LogP contribution in [0.25, 0.3) is 10.2 Å². The van der Waals surface area contributed by atoms with E-state index in [-0.39, 0.29) is 5.78 Å². The van der Waals surface area contributed by atoms with Crippen LogP contribution in [-0.2, 0) is 15.6 Å². The highest BCUT2D eigenvalue weighted by Crippen LogP contribution is 2.33. The number of thiazole rings is 1. The SMILES string of the molecule is CC(=O)Cc1cc(CI)c2nc(Nc3ccccc3C)sc2c1. The van der Waals surface area contributed by atoms with E-state index in [9.17, 15) is 4.79 Å². The van der Waals surface area contributed by atoms with Gasteiger partial charge in [0.2, 0.25) is 0 Å². The summed E-state index contributed by atoms with van der Waals surface area (Å²) in [5.41, 5.74) is 5.56. The number of rotatable bonds is 5. The van der Waals surface area contributed by atoms with Gasteiger partial charge in [-0.1, -0.05) is 58.2 Å². The zero-order chi connectivity index (χ0) is 16.4. The summed E-state index contributed by atoms with van der Waals surface area (Å²) in [5, 5.41) is 4.30. The molecule has 0 unspecified atom stereocenters. The average molecular weight is 436 g/mol. The van der Waals surface area contributed by atoms with Crippen LogP contribution in [0.2, 0.25) is 0 Å². The number of anilines is 2. The number of carbonyl (C=O) groups excluding carboxylic acids is 1. The van der Waals surface area contributed by atoms with Crippen molar-refractivity contribution < 1.29 is 4.79 Å². The van der Waals surface area contributed by atoms with E-state index in [0.717, 1.165) is 31.0 Å². The summed E-state index contributed by atoms with van der Waals surface area (Å²) in [6.45, 7) is 3.71. The van der Waals surface area contributed by atoms with E-state index >= 15 is 0 Å². The first-order valence-electron chi connectivity index (χ1n) is 7.37. The number of fused-ring (bicyclic) bond motifs is 1. The molecule has 1 N–H and O–H groups in total. The molecule has 0 aliphatic rings. The van der Waals surface area contributed by atoms with E-state index in [2.05, 4.69) is 59.1 Å². The Morgan fingerprint density at radius 2 is 2.09 bits per heavy atom. The Labute approximate surface area is 153 Å². The summed E-state index contributed by atoms with van der Waals surface area (Å²) in [5.74, 6) is 0.187. The lowest BCUT2D eigenvalue weighted by atomic mass is 10.1. The topological polar surface area (TPSA) is 42.0 Å². The van der Waals surface area contributed by atoms with Crippen molar-refractivity contribution in [2.24, 2.45) is 0 Å². The maximum atomic E-state index is 11.4. The van der Waals surface area contributed by atoms with Crippen molar-refractivity contribution >= 4 is 60.7 Å². The van der Waals surface area contributed by atoms with Gasteiger partial charge in [-0.3, -0.25) is 4.79 Å².